The number of hydrogen-bond donors (Lipinski definition) is 1. The molecule has 1 amide bonds. The Morgan fingerprint density at radius 2 is 1.82 bits per heavy atom. The molecule has 0 radical (unpaired) electrons. The number of hydrogen-bond acceptors (Lipinski definition) is 5. The average Bonchev–Trinajstić information content (AvgIpc) is 2.81. The fraction of sp³-hybridized carbons (Fsp3) is 0.429. The van der Waals surface area contributed by atoms with Crippen molar-refractivity contribution < 1.29 is 22.7 Å². The summed E-state index contributed by atoms with van der Waals surface area (Å²) in [7, 11) is -2.39. The lowest BCUT2D eigenvalue weighted by Gasteiger charge is -2.26. The molecule has 2 aliphatic heterocycles. The van der Waals surface area contributed by atoms with E-state index in [-0.39, 0.29) is 21.9 Å². The van der Waals surface area contributed by atoms with Crippen LogP contribution in [0.3, 0.4) is 0 Å². The van der Waals surface area contributed by atoms with Crippen LogP contribution in [0.15, 0.2) is 17.0 Å². The van der Waals surface area contributed by atoms with Gasteiger partial charge in [-0.25, -0.2) is 8.42 Å². The maximum atomic E-state index is 12.8. The van der Waals surface area contributed by atoms with Crippen LogP contribution in [0, 0.1) is 0 Å². The van der Waals surface area contributed by atoms with Crippen molar-refractivity contribution >= 4 is 27.4 Å². The van der Waals surface area contributed by atoms with E-state index in [1.54, 1.807) is 0 Å². The Morgan fingerprint density at radius 3 is 2.45 bits per heavy atom. The van der Waals surface area contributed by atoms with E-state index in [4.69, 9.17) is 4.74 Å². The fourth-order valence-corrected chi connectivity index (χ4v) is 4.44. The summed E-state index contributed by atoms with van der Waals surface area (Å²) in [5.41, 5.74) is 0.353. The van der Waals surface area contributed by atoms with Gasteiger partial charge < -0.3 is 10.1 Å². The minimum Gasteiger partial charge on any atom is -0.495 e. The summed E-state index contributed by atoms with van der Waals surface area (Å²) in [5, 5.41) is 2.40. The largest absolute Gasteiger partial charge is 0.495 e. The molecule has 8 heteroatoms. The zero-order chi connectivity index (χ0) is 15.9. The van der Waals surface area contributed by atoms with Gasteiger partial charge in [-0.1, -0.05) is 6.42 Å². The molecular formula is C14H16N2O5S. The van der Waals surface area contributed by atoms with E-state index in [9.17, 15) is 18.0 Å². The molecular weight excluding hydrogens is 308 g/mol. The molecule has 3 rings (SSSR count). The summed E-state index contributed by atoms with van der Waals surface area (Å²) in [6, 6.07) is 2.62. The minimum absolute atomic E-state index is 0.0690. The molecule has 1 aromatic rings. The number of carbonyl (C=O) groups excluding carboxylic acids is 2. The van der Waals surface area contributed by atoms with E-state index in [2.05, 4.69) is 5.32 Å². The van der Waals surface area contributed by atoms with Gasteiger partial charge in [0.05, 0.1) is 18.4 Å². The lowest BCUT2D eigenvalue weighted by atomic mass is 10.1. The van der Waals surface area contributed by atoms with E-state index in [1.165, 1.54) is 23.5 Å². The predicted molar refractivity (Wildman–Crippen MR) is 78.6 cm³/mol. The Kier molecular flexibility index (Phi) is 3.65. The molecule has 0 aliphatic carbocycles. The molecule has 118 valence electrons. The molecule has 0 atom stereocenters. The van der Waals surface area contributed by atoms with Crippen molar-refractivity contribution in [2.24, 2.45) is 0 Å². The molecule has 0 unspecified atom stereocenters. The van der Waals surface area contributed by atoms with Crippen molar-refractivity contribution in [3.05, 3.63) is 17.7 Å². The zero-order valence-corrected chi connectivity index (χ0v) is 12.9. The Bertz CT molecular complexity index is 751. The number of sulfonamides is 1. The van der Waals surface area contributed by atoms with Gasteiger partial charge in [0, 0.05) is 19.2 Å². The number of anilines is 1. The molecule has 1 fully saturated rings. The van der Waals surface area contributed by atoms with Gasteiger partial charge in [0.2, 0.25) is 10.0 Å². The molecule has 1 saturated heterocycles. The quantitative estimate of drug-likeness (QED) is 0.838. The van der Waals surface area contributed by atoms with Crippen LogP contribution in [0.5, 0.6) is 5.75 Å². The third kappa shape index (κ3) is 2.28. The number of nitrogens with zero attached hydrogens (tertiary/aromatic N) is 1. The molecule has 1 N–H and O–H groups in total. The van der Waals surface area contributed by atoms with Gasteiger partial charge in [0.25, 0.3) is 11.7 Å². The van der Waals surface area contributed by atoms with E-state index < -0.39 is 21.7 Å². The number of methoxy groups -OCH3 is 1. The van der Waals surface area contributed by atoms with Gasteiger partial charge in [-0.3, -0.25) is 9.59 Å². The highest BCUT2D eigenvalue weighted by Gasteiger charge is 2.35. The highest BCUT2D eigenvalue weighted by atomic mass is 32.2. The molecule has 2 aliphatic rings. The Hall–Kier alpha value is -1.93. The highest BCUT2D eigenvalue weighted by Crippen LogP contribution is 2.35. The van der Waals surface area contributed by atoms with Crippen LogP contribution in [0.1, 0.15) is 29.6 Å². The van der Waals surface area contributed by atoms with Crippen LogP contribution in [0.2, 0.25) is 0 Å². The molecule has 1 aromatic carbocycles. The molecule has 7 nitrogen and oxygen atoms in total. The maximum Gasteiger partial charge on any atom is 0.296 e. The summed E-state index contributed by atoms with van der Waals surface area (Å²) >= 11 is 0. The first kappa shape index (κ1) is 15.0. The van der Waals surface area contributed by atoms with Crippen LogP contribution in [-0.2, 0) is 14.8 Å². The summed E-state index contributed by atoms with van der Waals surface area (Å²) in [6.07, 6.45) is 2.63. The molecule has 0 saturated carbocycles. The SMILES string of the molecule is COc1cc2c(cc1S(=O)(=O)N1CCCCC1)C(=O)C(=O)N2. The Morgan fingerprint density at radius 1 is 1.14 bits per heavy atom. The first-order valence-electron chi connectivity index (χ1n) is 7.03. The third-order valence-corrected chi connectivity index (χ3v) is 5.86. The molecule has 2 heterocycles. The monoisotopic (exact) mass is 324 g/mol. The van der Waals surface area contributed by atoms with Crippen LogP contribution in [-0.4, -0.2) is 44.6 Å². The fourth-order valence-electron chi connectivity index (χ4n) is 2.76. The Balaban J connectivity index is 2.10. The number of nitrogens with one attached hydrogen (secondary N) is 1. The van der Waals surface area contributed by atoms with Crippen molar-refractivity contribution in [1.29, 1.82) is 0 Å². The van der Waals surface area contributed by atoms with Gasteiger partial charge in [-0.05, 0) is 18.9 Å². The first-order valence-corrected chi connectivity index (χ1v) is 8.47. The van der Waals surface area contributed by atoms with Crippen molar-refractivity contribution in [2.45, 2.75) is 24.2 Å². The standard InChI is InChI=1S/C14H16N2O5S/c1-21-11-8-10-9(13(17)14(18)15-10)7-12(11)22(19,20)16-5-3-2-4-6-16/h7-8H,2-6H2,1H3,(H,15,17,18). The highest BCUT2D eigenvalue weighted by molar-refractivity contribution is 7.89. The summed E-state index contributed by atoms with van der Waals surface area (Å²) in [4.78, 5) is 23.2. The molecule has 0 aromatic heterocycles. The topological polar surface area (TPSA) is 92.8 Å². The number of piperidine rings is 1. The van der Waals surface area contributed by atoms with Gasteiger partial charge in [0.1, 0.15) is 10.6 Å². The Labute approximate surface area is 128 Å². The lowest BCUT2D eigenvalue weighted by Crippen LogP contribution is -2.35. The number of ether oxygens (including phenoxy) is 1. The van der Waals surface area contributed by atoms with E-state index in [1.807, 2.05) is 0 Å². The number of amides is 1. The van der Waals surface area contributed by atoms with Crippen LogP contribution in [0.4, 0.5) is 5.69 Å². The van der Waals surface area contributed by atoms with E-state index in [0.717, 1.165) is 19.3 Å². The smallest absolute Gasteiger partial charge is 0.296 e. The normalized spacial score (nSPS) is 19.0. The van der Waals surface area contributed by atoms with Crippen LogP contribution >= 0.6 is 0 Å². The molecule has 0 bridgehead atoms. The second-order valence-electron chi connectivity index (χ2n) is 5.30. The number of ketones is 1. The number of Topliss-reactive ketones (excluding diaryl/α,β-unsaturated/α-hetero) is 1. The van der Waals surface area contributed by atoms with Gasteiger partial charge >= 0.3 is 0 Å². The first-order chi connectivity index (χ1) is 10.4. The van der Waals surface area contributed by atoms with Crippen LogP contribution in [0.25, 0.3) is 0 Å². The van der Waals surface area contributed by atoms with Gasteiger partial charge in [0.15, 0.2) is 0 Å². The van der Waals surface area contributed by atoms with Gasteiger partial charge in [-0.2, -0.15) is 4.31 Å². The second-order valence-corrected chi connectivity index (χ2v) is 7.20. The van der Waals surface area contributed by atoms with Crippen molar-refractivity contribution in [2.75, 3.05) is 25.5 Å². The summed E-state index contributed by atoms with van der Waals surface area (Å²) < 4.78 is 32.1. The van der Waals surface area contributed by atoms with Crippen molar-refractivity contribution in [1.82, 2.24) is 4.31 Å². The maximum absolute atomic E-state index is 12.8. The molecule has 22 heavy (non-hydrogen) atoms. The van der Waals surface area contributed by atoms with Crippen molar-refractivity contribution in [3.8, 4) is 5.75 Å². The predicted octanol–water partition coefficient (Wildman–Crippen LogP) is 1.00. The number of benzene rings is 1. The molecule has 0 spiro atoms. The minimum atomic E-state index is -3.75. The second kappa shape index (κ2) is 5.36. The number of rotatable bonds is 3. The van der Waals surface area contributed by atoms with E-state index >= 15 is 0 Å². The lowest BCUT2D eigenvalue weighted by molar-refractivity contribution is -0.112. The third-order valence-electron chi connectivity index (χ3n) is 3.94. The number of carbonyl (C=O) groups is 2. The van der Waals surface area contributed by atoms with Gasteiger partial charge in [-0.15, -0.1) is 0 Å². The van der Waals surface area contributed by atoms with E-state index in [0.29, 0.717) is 13.1 Å². The average molecular weight is 324 g/mol. The zero-order valence-electron chi connectivity index (χ0n) is 12.1. The summed E-state index contributed by atoms with van der Waals surface area (Å²) in [5.74, 6) is -1.36. The number of fused-ring (bicyclic) bond motifs is 1. The summed E-state index contributed by atoms with van der Waals surface area (Å²) in [6.45, 7) is 0.904. The van der Waals surface area contributed by atoms with Crippen molar-refractivity contribution in [3.63, 3.8) is 0 Å². The van der Waals surface area contributed by atoms with Crippen LogP contribution < -0.4 is 10.1 Å².